The number of fused-ring (bicyclic) bond motifs is 1. The molecule has 4 aromatic carbocycles. The minimum atomic E-state index is -3.64. The quantitative estimate of drug-likeness (QED) is 0.0960. The molecule has 61 heavy (non-hydrogen) atoms. The summed E-state index contributed by atoms with van der Waals surface area (Å²) in [5.74, 6) is 3.10. The van der Waals surface area contributed by atoms with Gasteiger partial charge < -0.3 is 34.6 Å². The van der Waals surface area contributed by atoms with Gasteiger partial charge in [-0.25, -0.2) is 13.2 Å². The van der Waals surface area contributed by atoms with Crippen LogP contribution in [-0.2, 0) is 32.7 Å². The molecule has 1 aliphatic heterocycles. The molecule has 5 aromatic rings. The second kappa shape index (κ2) is 19.3. The summed E-state index contributed by atoms with van der Waals surface area (Å²) in [5, 5.41) is 7.27. The fraction of sp³-hybridized carbons (Fsp3) is 0.356. The Labute approximate surface area is 360 Å². The molecule has 1 aromatic heterocycles. The first-order chi connectivity index (χ1) is 29.0. The van der Waals surface area contributed by atoms with Crippen LogP contribution in [0.1, 0.15) is 54.4 Å². The van der Waals surface area contributed by atoms with Gasteiger partial charge in [0.05, 0.1) is 43.1 Å². The van der Waals surface area contributed by atoms with Crippen molar-refractivity contribution in [3.8, 4) is 23.0 Å². The maximum atomic E-state index is 13.5. The van der Waals surface area contributed by atoms with E-state index < -0.39 is 26.9 Å². The smallest absolute Gasteiger partial charge is 0.323 e. The van der Waals surface area contributed by atoms with E-state index in [1.807, 2.05) is 63.2 Å². The fourth-order valence-electron chi connectivity index (χ4n) is 7.11. The van der Waals surface area contributed by atoms with Gasteiger partial charge in [0.2, 0.25) is 10.0 Å². The number of nitrogens with zero attached hydrogens (tertiary/aromatic N) is 3. The van der Waals surface area contributed by atoms with Gasteiger partial charge >= 0.3 is 6.03 Å². The van der Waals surface area contributed by atoms with E-state index in [1.54, 1.807) is 61.7 Å². The van der Waals surface area contributed by atoms with Crippen molar-refractivity contribution in [1.82, 2.24) is 14.8 Å². The van der Waals surface area contributed by atoms with E-state index in [0.717, 1.165) is 59.9 Å². The van der Waals surface area contributed by atoms with Crippen molar-refractivity contribution >= 4 is 60.6 Å². The first kappa shape index (κ1) is 44.8. The maximum absolute atomic E-state index is 13.5. The number of amides is 3. The number of rotatable bonds is 15. The number of hydrogen-bond donors (Lipinski definition) is 3. The van der Waals surface area contributed by atoms with E-state index in [-0.39, 0.29) is 22.8 Å². The zero-order chi connectivity index (χ0) is 43.9. The van der Waals surface area contributed by atoms with Gasteiger partial charge in [0.1, 0.15) is 17.2 Å². The number of hydrogen-bond acceptors (Lipinski definition) is 10. The number of benzene rings is 4. The number of nitrogens with one attached hydrogen (secondary N) is 3. The third-order valence-corrected chi connectivity index (χ3v) is 12.2. The third kappa shape index (κ3) is 11.8. The molecule has 0 spiro atoms. The topological polar surface area (TPSA) is 168 Å². The molecule has 14 nitrogen and oxygen atoms in total. The Morgan fingerprint density at radius 1 is 0.869 bits per heavy atom. The molecule has 1 fully saturated rings. The number of sulfonamides is 1. The lowest BCUT2D eigenvalue weighted by molar-refractivity contribution is 0.0785. The molecule has 0 atom stereocenters. The first-order valence-corrected chi connectivity index (χ1v) is 23.3. The van der Waals surface area contributed by atoms with E-state index in [0.29, 0.717) is 58.7 Å². The minimum absolute atomic E-state index is 0.116. The second-order valence-corrected chi connectivity index (χ2v) is 19.5. The van der Waals surface area contributed by atoms with Gasteiger partial charge in [-0.05, 0) is 72.0 Å². The Balaban J connectivity index is 1.13. The van der Waals surface area contributed by atoms with Crippen molar-refractivity contribution in [2.45, 2.75) is 39.0 Å². The van der Waals surface area contributed by atoms with Gasteiger partial charge in [-0.3, -0.25) is 18.7 Å². The summed E-state index contributed by atoms with van der Waals surface area (Å²) in [5.41, 5.74) is 3.59. The number of ether oxygens (including phenoxy) is 3. The molecule has 2 heterocycles. The number of anilines is 3. The van der Waals surface area contributed by atoms with Crippen LogP contribution in [0.3, 0.4) is 0 Å². The Kier molecular flexibility index (Phi) is 14.2. The fourth-order valence-corrected chi connectivity index (χ4v) is 8.79. The highest BCUT2D eigenvalue weighted by atomic mass is 32.2. The lowest BCUT2D eigenvalue weighted by atomic mass is 9.86. The molecule has 0 unspecified atom stereocenters. The molecule has 324 valence electrons. The lowest BCUT2D eigenvalue weighted by Crippen LogP contribution is -2.39. The SMILES string of the molecule is COc1cc(Cc2cc(Oc3ccc(NC(=O)Nc4cc(C(C)(C)C)cc(NS(C)(=O)=O)c4OC)c4ccccc34)ccn2)ccc1C(=O)N(C)CCCN1CCS(=O)CC1. The van der Waals surface area contributed by atoms with Crippen molar-refractivity contribution in [2.24, 2.45) is 0 Å². The molecule has 3 N–H and O–H groups in total. The van der Waals surface area contributed by atoms with Crippen LogP contribution in [0.25, 0.3) is 10.8 Å². The first-order valence-electron chi connectivity index (χ1n) is 19.9. The van der Waals surface area contributed by atoms with Crippen LogP contribution in [0.15, 0.2) is 85.1 Å². The molecule has 0 aliphatic carbocycles. The maximum Gasteiger partial charge on any atom is 0.323 e. The summed E-state index contributed by atoms with van der Waals surface area (Å²) in [6.07, 6.45) is 4.03. The summed E-state index contributed by atoms with van der Waals surface area (Å²) >= 11 is 0. The van der Waals surface area contributed by atoms with Crippen molar-refractivity contribution in [2.75, 3.05) is 80.6 Å². The van der Waals surface area contributed by atoms with Crippen molar-refractivity contribution in [3.63, 3.8) is 0 Å². The van der Waals surface area contributed by atoms with Gasteiger partial charge in [0.25, 0.3) is 5.91 Å². The third-order valence-electron chi connectivity index (χ3n) is 10.3. The van der Waals surface area contributed by atoms with E-state index >= 15 is 0 Å². The van der Waals surface area contributed by atoms with Crippen molar-refractivity contribution in [1.29, 1.82) is 0 Å². The molecule has 0 saturated carbocycles. The van der Waals surface area contributed by atoms with Gasteiger partial charge in [-0.15, -0.1) is 0 Å². The second-order valence-electron chi connectivity index (χ2n) is 16.0. The van der Waals surface area contributed by atoms with Crippen LogP contribution in [0, 0.1) is 0 Å². The summed E-state index contributed by atoms with van der Waals surface area (Å²) in [6, 6.07) is 23.2. The average molecular weight is 871 g/mol. The summed E-state index contributed by atoms with van der Waals surface area (Å²) in [7, 11) is 0.406. The van der Waals surface area contributed by atoms with Crippen LogP contribution in [0.4, 0.5) is 21.9 Å². The van der Waals surface area contributed by atoms with E-state index in [4.69, 9.17) is 14.2 Å². The number of carbonyl (C=O) groups excluding carboxylic acids is 2. The van der Waals surface area contributed by atoms with E-state index in [1.165, 1.54) is 7.11 Å². The Hall–Kier alpha value is -5.71. The van der Waals surface area contributed by atoms with Gasteiger partial charge in [0.15, 0.2) is 5.75 Å². The zero-order valence-electron chi connectivity index (χ0n) is 35.7. The van der Waals surface area contributed by atoms with Crippen LogP contribution in [0.5, 0.6) is 23.0 Å². The Morgan fingerprint density at radius 3 is 2.26 bits per heavy atom. The number of methoxy groups -OCH3 is 2. The van der Waals surface area contributed by atoms with E-state index in [9.17, 15) is 22.2 Å². The van der Waals surface area contributed by atoms with Gasteiger partial charge in [-0.2, -0.15) is 0 Å². The summed E-state index contributed by atoms with van der Waals surface area (Å²) < 4.78 is 56.2. The normalized spacial score (nSPS) is 13.7. The molecular formula is C45H54N6O8S2. The number of pyridine rings is 1. The molecule has 3 amide bonds. The molecule has 1 aliphatic rings. The molecule has 1 saturated heterocycles. The van der Waals surface area contributed by atoms with Crippen molar-refractivity contribution < 1.29 is 36.4 Å². The molecular weight excluding hydrogens is 817 g/mol. The lowest BCUT2D eigenvalue weighted by Gasteiger charge is -2.27. The van der Waals surface area contributed by atoms with Gasteiger partial charge in [-0.1, -0.05) is 51.1 Å². The minimum Gasteiger partial charge on any atom is -0.496 e. The number of carbonyl (C=O) groups is 2. The average Bonchev–Trinajstić information content (AvgIpc) is 3.21. The number of aromatic nitrogens is 1. The highest BCUT2D eigenvalue weighted by Gasteiger charge is 2.23. The predicted molar refractivity (Wildman–Crippen MR) is 243 cm³/mol. The predicted octanol–water partition coefficient (Wildman–Crippen LogP) is 7.47. The van der Waals surface area contributed by atoms with Crippen LogP contribution >= 0.6 is 0 Å². The monoisotopic (exact) mass is 870 g/mol. The summed E-state index contributed by atoms with van der Waals surface area (Å²) in [6.45, 7) is 9.08. The highest BCUT2D eigenvalue weighted by molar-refractivity contribution is 7.92. The van der Waals surface area contributed by atoms with Crippen LogP contribution in [-0.4, -0.2) is 105 Å². The molecule has 6 rings (SSSR count). The summed E-state index contributed by atoms with van der Waals surface area (Å²) in [4.78, 5) is 35.5. The highest BCUT2D eigenvalue weighted by Crippen LogP contribution is 2.40. The zero-order valence-corrected chi connectivity index (χ0v) is 37.3. The van der Waals surface area contributed by atoms with Crippen molar-refractivity contribution in [3.05, 3.63) is 107 Å². The van der Waals surface area contributed by atoms with E-state index in [2.05, 4.69) is 25.2 Å². The molecule has 0 radical (unpaired) electrons. The number of urea groups is 1. The largest absolute Gasteiger partial charge is 0.496 e. The molecule has 0 bridgehead atoms. The van der Waals surface area contributed by atoms with Crippen LogP contribution < -0.4 is 29.6 Å². The van der Waals surface area contributed by atoms with Gasteiger partial charge in [0, 0.05) is 84.1 Å². The molecule has 16 heteroatoms. The Bertz CT molecular complexity index is 2530. The van der Waals surface area contributed by atoms with Crippen LogP contribution in [0.2, 0.25) is 0 Å². The Morgan fingerprint density at radius 2 is 1.57 bits per heavy atom. The standard InChI is InChI=1S/C45H54N6O8S2/c1-45(2,3)31-27-38(42(58-6)39(28-31)49-61(7,55)56)48-44(53)47-37-15-16-40(35-12-9-8-11-34(35)37)59-33-17-18-46-32(29-33)25-30-13-14-36(41(26-30)57-5)43(52)50(4)19-10-20-51-21-23-60(54)24-22-51/h8-9,11-18,26-29,49H,10,19-25H2,1-7H3,(H2,47,48,53).